The van der Waals surface area contributed by atoms with Crippen LogP contribution in [0, 0.1) is 5.82 Å². The third-order valence-corrected chi connectivity index (χ3v) is 6.28. The Bertz CT molecular complexity index is 1380. The standard InChI is InChI=1S/C30H26BrFN2O4/c1-2-37-27-18-22(17-26(31)28(27)38-20-21-10-9-15-25(32)16-21)19-33-34-29(35)30(36,23-11-5-3-6-12-23)24-13-7-4-8-14-24/h3-19,36H,2,20H2,1H3,(H,34,35)/b33-19-. The molecule has 0 atom stereocenters. The van der Waals surface area contributed by atoms with Crippen LogP contribution in [0.3, 0.4) is 0 Å². The van der Waals surface area contributed by atoms with Crippen molar-refractivity contribution in [3.05, 3.63) is 130 Å². The van der Waals surface area contributed by atoms with Gasteiger partial charge in [-0.05, 0) is 69.4 Å². The summed E-state index contributed by atoms with van der Waals surface area (Å²) in [5.41, 5.74) is 2.65. The van der Waals surface area contributed by atoms with Crippen molar-refractivity contribution in [2.24, 2.45) is 5.10 Å². The van der Waals surface area contributed by atoms with E-state index in [4.69, 9.17) is 9.47 Å². The van der Waals surface area contributed by atoms with Crippen molar-refractivity contribution in [3.63, 3.8) is 0 Å². The van der Waals surface area contributed by atoms with Gasteiger partial charge in [-0.25, -0.2) is 9.82 Å². The molecule has 1 amide bonds. The quantitative estimate of drug-likeness (QED) is 0.180. The molecule has 0 saturated heterocycles. The maximum atomic E-state index is 13.5. The van der Waals surface area contributed by atoms with Gasteiger partial charge in [0.1, 0.15) is 12.4 Å². The summed E-state index contributed by atoms with van der Waals surface area (Å²) in [6, 6.07) is 27.0. The van der Waals surface area contributed by atoms with E-state index in [0.29, 0.717) is 44.8 Å². The molecule has 8 heteroatoms. The molecule has 0 saturated carbocycles. The molecular weight excluding hydrogens is 551 g/mol. The number of ether oxygens (including phenoxy) is 2. The fourth-order valence-electron chi connectivity index (χ4n) is 3.88. The van der Waals surface area contributed by atoms with Crippen LogP contribution in [-0.4, -0.2) is 23.8 Å². The minimum Gasteiger partial charge on any atom is -0.490 e. The molecule has 194 valence electrons. The molecule has 0 unspecified atom stereocenters. The fraction of sp³-hybridized carbons (Fsp3) is 0.133. The van der Waals surface area contributed by atoms with Gasteiger partial charge in [-0.1, -0.05) is 72.8 Å². The maximum Gasteiger partial charge on any atom is 0.281 e. The molecule has 4 rings (SSSR count). The summed E-state index contributed by atoms with van der Waals surface area (Å²) in [4.78, 5) is 13.2. The van der Waals surface area contributed by atoms with E-state index >= 15 is 0 Å². The van der Waals surface area contributed by atoms with Gasteiger partial charge < -0.3 is 14.6 Å². The molecule has 4 aromatic rings. The first-order valence-corrected chi connectivity index (χ1v) is 12.7. The zero-order chi connectivity index (χ0) is 27.0. The lowest BCUT2D eigenvalue weighted by Gasteiger charge is -2.27. The third-order valence-electron chi connectivity index (χ3n) is 5.70. The highest BCUT2D eigenvalue weighted by atomic mass is 79.9. The monoisotopic (exact) mass is 576 g/mol. The van der Waals surface area contributed by atoms with Gasteiger partial charge in [0.15, 0.2) is 17.1 Å². The smallest absolute Gasteiger partial charge is 0.281 e. The Balaban J connectivity index is 1.54. The molecule has 38 heavy (non-hydrogen) atoms. The van der Waals surface area contributed by atoms with E-state index in [2.05, 4.69) is 26.5 Å². The van der Waals surface area contributed by atoms with E-state index in [0.717, 1.165) is 0 Å². The highest BCUT2D eigenvalue weighted by molar-refractivity contribution is 9.10. The number of rotatable bonds is 10. The Morgan fingerprint density at radius 1 is 0.974 bits per heavy atom. The van der Waals surface area contributed by atoms with Gasteiger partial charge >= 0.3 is 0 Å². The van der Waals surface area contributed by atoms with Crippen LogP contribution in [-0.2, 0) is 17.0 Å². The molecule has 0 aliphatic rings. The number of benzene rings is 4. The molecule has 0 aliphatic carbocycles. The second-order valence-electron chi connectivity index (χ2n) is 8.32. The first-order chi connectivity index (χ1) is 18.4. The number of carbonyl (C=O) groups is 1. The molecular formula is C30H26BrFN2O4. The van der Waals surface area contributed by atoms with Crippen molar-refractivity contribution in [1.29, 1.82) is 0 Å². The Morgan fingerprint density at radius 3 is 2.24 bits per heavy atom. The van der Waals surface area contributed by atoms with Gasteiger partial charge in [-0.3, -0.25) is 4.79 Å². The van der Waals surface area contributed by atoms with Crippen molar-refractivity contribution in [2.75, 3.05) is 6.61 Å². The van der Waals surface area contributed by atoms with Gasteiger partial charge in [-0.15, -0.1) is 0 Å². The van der Waals surface area contributed by atoms with Crippen LogP contribution in [0.5, 0.6) is 11.5 Å². The second kappa shape index (κ2) is 12.5. The molecule has 0 radical (unpaired) electrons. The predicted octanol–water partition coefficient (Wildman–Crippen LogP) is 5.95. The summed E-state index contributed by atoms with van der Waals surface area (Å²) in [6.07, 6.45) is 1.44. The first-order valence-electron chi connectivity index (χ1n) is 11.9. The topological polar surface area (TPSA) is 80.2 Å². The van der Waals surface area contributed by atoms with Crippen molar-refractivity contribution in [1.82, 2.24) is 5.43 Å². The maximum absolute atomic E-state index is 13.5. The summed E-state index contributed by atoms with van der Waals surface area (Å²) >= 11 is 3.50. The van der Waals surface area contributed by atoms with Crippen LogP contribution < -0.4 is 14.9 Å². The Hall–Kier alpha value is -4.01. The number of hydrazone groups is 1. The molecule has 4 aromatic carbocycles. The Kier molecular flexibility index (Phi) is 8.89. The van der Waals surface area contributed by atoms with Crippen molar-refractivity contribution >= 4 is 28.1 Å². The van der Waals surface area contributed by atoms with Gasteiger partial charge in [0.05, 0.1) is 17.3 Å². The van der Waals surface area contributed by atoms with E-state index in [9.17, 15) is 14.3 Å². The zero-order valence-electron chi connectivity index (χ0n) is 20.6. The lowest BCUT2D eigenvalue weighted by Crippen LogP contribution is -2.43. The average molecular weight is 577 g/mol. The van der Waals surface area contributed by atoms with E-state index in [-0.39, 0.29) is 12.4 Å². The van der Waals surface area contributed by atoms with Crippen molar-refractivity contribution in [3.8, 4) is 11.5 Å². The van der Waals surface area contributed by atoms with Crippen molar-refractivity contribution < 1.29 is 23.8 Å². The predicted molar refractivity (Wildman–Crippen MR) is 148 cm³/mol. The van der Waals surface area contributed by atoms with Crippen LogP contribution in [0.1, 0.15) is 29.2 Å². The van der Waals surface area contributed by atoms with E-state index in [1.807, 2.05) is 19.1 Å². The number of amides is 1. The molecule has 0 fully saturated rings. The molecule has 0 spiro atoms. The van der Waals surface area contributed by atoms with Gasteiger partial charge in [0.2, 0.25) is 0 Å². The van der Waals surface area contributed by atoms with Crippen LogP contribution in [0.2, 0.25) is 0 Å². The van der Waals surface area contributed by atoms with Crippen LogP contribution >= 0.6 is 15.9 Å². The van der Waals surface area contributed by atoms with Crippen LogP contribution in [0.25, 0.3) is 0 Å². The highest BCUT2D eigenvalue weighted by Crippen LogP contribution is 2.37. The lowest BCUT2D eigenvalue weighted by atomic mass is 9.85. The highest BCUT2D eigenvalue weighted by Gasteiger charge is 2.39. The molecule has 0 heterocycles. The summed E-state index contributed by atoms with van der Waals surface area (Å²) < 4.78 is 25.8. The third kappa shape index (κ3) is 6.27. The van der Waals surface area contributed by atoms with Crippen LogP contribution in [0.15, 0.2) is 107 Å². The number of nitrogens with one attached hydrogen (secondary N) is 1. The van der Waals surface area contributed by atoms with Crippen LogP contribution in [0.4, 0.5) is 4.39 Å². The summed E-state index contributed by atoms with van der Waals surface area (Å²) in [6.45, 7) is 2.39. The average Bonchev–Trinajstić information content (AvgIpc) is 2.93. The van der Waals surface area contributed by atoms with Crippen molar-refractivity contribution in [2.45, 2.75) is 19.1 Å². The number of halogens is 2. The molecule has 0 aliphatic heterocycles. The number of nitrogens with zero attached hydrogens (tertiary/aromatic N) is 1. The van der Waals surface area contributed by atoms with E-state index in [1.54, 1.807) is 72.8 Å². The van der Waals surface area contributed by atoms with Gasteiger partial charge in [-0.2, -0.15) is 5.10 Å². The molecule has 6 nitrogen and oxygen atoms in total. The normalized spacial score (nSPS) is 11.4. The summed E-state index contributed by atoms with van der Waals surface area (Å²) in [5.74, 6) is -0.128. The number of aliphatic hydroxyl groups is 1. The largest absolute Gasteiger partial charge is 0.490 e. The second-order valence-corrected chi connectivity index (χ2v) is 9.18. The number of hydrogen-bond acceptors (Lipinski definition) is 5. The van der Waals surface area contributed by atoms with E-state index in [1.165, 1.54) is 18.3 Å². The molecule has 0 bridgehead atoms. The lowest BCUT2D eigenvalue weighted by molar-refractivity contribution is -0.136. The van der Waals surface area contributed by atoms with E-state index < -0.39 is 11.5 Å². The summed E-state index contributed by atoms with van der Waals surface area (Å²) in [7, 11) is 0. The van der Waals surface area contributed by atoms with Gasteiger partial charge in [0, 0.05) is 0 Å². The number of hydrogen-bond donors (Lipinski definition) is 2. The Labute approximate surface area is 228 Å². The molecule has 0 aromatic heterocycles. The Morgan fingerprint density at radius 2 is 1.63 bits per heavy atom. The first kappa shape index (κ1) is 27.0. The number of carbonyl (C=O) groups excluding carboxylic acids is 1. The fourth-order valence-corrected chi connectivity index (χ4v) is 4.46. The minimum atomic E-state index is -1.94. The van der Waals surface area contributed by atoms with Gasteiger partial charge in [0.25, 0.3) is 5.91 Å². The SMILES string of the molecule is CCOc1cc(/C=N\NC(=O)C(O)(c2ccccc2)c2ccccc2)cc(Br)c1OCc1cccc(F)c1. The summed E-state index contributed by atoms with van der Waals surface area (Å²) in [5, 5.41) is 15.6. The minimum absolute atomic E-state index is 0.150. The molecule has 2 N–H and O–H groups in total. The zero-order valence-corrected chi connectivity index (χ0v) is 22.2.